The van der Waals surface area contributed by atoms with Crippen LogP contribution in [-0.4, -0.2) is 21.9 Å². The smallest absolute Gasteiger partial charge is 0.233 e. The first-order valence-corrected chi connectivity index (χ1v) is 11.6. The Kier molecular flexibility index (Phi) is 6.14. The number of benzene rings is 3. The van der Waals surface area contributed by atoms with Crippen LogP contribution in [0, 0.1) is 0 Å². The van der Waals surface area contributed by atoms with Crippen molar-refractivity contribution in [3.8, 4) is 17.2 Å². The van der Waals surface area contributed by atoms with Crippen molar-refractivity contribution in [2.24, 2.45) is 0 Å². The van der Waals surface area contributed by atoms with Crippen LogP contribution >= 0.6 is 23.2 Å². The molecule has 0 bridgehead atoms. The highest BCUT2D eigenvalue weighted by Gasteiger charge is 2.26. The second-order valence-electron chi connectivity index (χ2n) is 7.72. The van der Waals surface area contributed by atoms with E-state index in [1.807, 2.05) is 84.3 Å². The fourth-order valence-electron chi connectivity index (χ4n) is 3.92. The van der Waals surface area contributed by atoms with E-state index in [4.69, 9.17) is 32.4 Å². The van der Waals surface area contributed by atoms with Crippen molar-refractivity contribution in [2.75, 3.05) is 6.61 Å². The summed E-state index contributed by atoms with van der Waals surface area (Å²) in [6.45, 7) is 2.89. The number of nitrogens with zero attached hydrogens (tertiary/aromatic N) is 2. The minimum absolute atomic E-state index is 0.119. The molecule has 0 N–H and O–H groups in total. The molecule has 0 unspecified atom stereocenters. The molecule has 2 heterocycles. The number of hydrogen-bond acceptors (Lipinski definition) is 4. The number of ether oxygens (including phenoxy) is 1. The molecule has 5 rings (SSSR count). The predicted octanol–water partition coefficient (Wildman–Crippen LogP) is 7.28. The maximum absolute atomic E-state index is 13.6. The summed E-state index contributed by atoms with van der Waals surface area (Å²) in [7, 11) is 0. The second-order valence-corrected chi connectivity index (χ2v) is 8.51. The highest BCUT2D eigenvalue weighted by Crippen LogP contribution is 2.35. The summed E-state index contributed by atoms with van der Waals surface area (Å²) in [5.74, 6) is 0.813. The highest BCUT2D eigenvalue weighted by molar-refractivity contribution is 6.37. The van der Waals surface area contributed by atoms with Crippen LogP contribution < -0.4 is 4.74 Å². The van der Waals surface area contributed by atoms with Gasteiger partial charge in [-0.1, -0.05) is 53.5 Å². The number of ketones is 1. The first-order chi connectivity index (χ1) is 16.5. The molecule has 0 aliphatic rings. The van der Waals surface area contributed by atoms with Gasteiger partial charge in [0.2, 0.25) is 11.7 Å². The molecule has 0 aliphatic heterocycles. The third-order valence-corrected chi connectivity index (χ3v) is 6.16. The largest absolute Gasteiger partial charge is 0.494 e. The Labute approximate surface area is 206 Å². The zero-order valence-corrected chi connectivity index (χ0v) is 19.8. The maximum atomic E-state index is 13.6. The van der Waals surface area contributed by atoms with Crippen LogP contribution in [0.1, 0.15) is 28.6 Å². The Morgan fingerprint density at radius 3 is 2.53 bits per heavy atom. The average Bonchev–Trinajstić information content (AvgIpc) is 3.45. The molecule has 0 spiro atoms. The third-order valence-electron chi connectivity index (χ3n) is 5.51. The predicted molar refractivity (Wildman–Crippen MR) is 134 cm³/mol. The highest BCUT2D eigenvalue weighted by atomic mass is 35.5. The normalized spacial score (nSPS) is 11.1. The Bertz CT molecular complexity index is 1470. The van der Waals surface area contributed by atoms with Crippen LogP contribution in [0.3, 0.4) is 0 Å². The van der Waals surface area contributed by atoms with E-state index < -0.39 is 0 Å². The summed E-state index contributed by atoms with van der Waals surface area (Å²) >= 11 is 12.9. The summed E-state index contributed by atoms with van der Waals surface area (Å²) in [4.78, 5) is 17.9. The second kappa shape index (κ2) is 9.37. The van der Waals surface area contributed by atoms with Crippen molar-refractivity contribution in [2.45, 2.75) is 13.5 Å². The standard InChI is InChI=1S/C27H20Cl2N2O3/c1-2-33-20-12-13-22-21(14-20)24(26(29)31(22)16-17-8-10-19(28)11-9-17)25(32)23-15-30-27(34-23)18-6-4-3-5-7-18/h3-15H,2,16H2,1H3. The summed E-state index contributed by atoms with van der Waals surface area (Å²) in [5.41, 5.74) is 2.95. The Balaban J connectivity index is 1.61. The number of carbonyl (C=O) groups is 1. The fraction of sp³-hybridized carbons (Fsp3) is 0.111. The first kappa shape index (κ1) is 22.3. The molecule has 0 aliphatic carbocycles. The van der Waals surface area contributed by atoms with Crippen molar-refractivity contribution >= 4 is 39.9 Å². The third kappa shape index (κ3) is 4.20. The number of hydrogen-bond donors (Lipinski definition) is 0. The van der Waals surface area contributed by atoms with E-state index in [0.29, 0.717) is 45.9 Å². The van der Waals surface area contributed by atoms with Crippen LogP contribution in [0.5, 0.6) is 5.75 Å². The van der Waals surface area contributed by atoms with Crippen LogP contribution in [-0.2, 0) is 6.54 Å². The summed E-state index contributed by atoms with van der Waals surface area (Å²) in [6.07, 6.45) is 1.44. The van der Waals surface area contributed by atoms with Gasteiger partial charge in [0.25, 0.3) is 0 Å². The molecule has 0 saturated heterocycles. The zero-order valence-electron chi connectivity index (χ0n) is 18.3. The van der Waals surface area contributed by atoms with Crippen LogP contribution in [0.4, 0.5) is 0 Å². The van der Waals surface area contributed by atoms with Gasteiger partial charge in [0.15, 0.2) is 5.76 Å². The molecule has 0 amide bonds. The molecule has 0 saturated carbocycles. The van der Waals surface area contributed by atoms with Gasteiger partial charge in [-0.15, -0.1) is 0 Å². The molecule has 0 fully saturated rings. The fourth-order valence-corrected chi connectivity index (χ4v) is 4.38. The number of aromatic nitrogens is 2. The quantitative estimate of drug-likeness (QED) is 0.225. The van der Waals surface area contributed by atoms with Gasteiger partial charge in [0.1, 0.15) is 10.9 Å². The number of halogens is 2. The maximum Gasteiger partial charge on any atom is 0.233 e. The average molecular weight is 491 g/mol. The van der Waals surface area contributed by atoms with Crippen molar-refractivity contribution in [1.82, 2.24) is 9.55 Å². The zero-order chi connectivity index (χ0) is 23.7. The van der Waals surface area contributed by atoms with Crippen molar-refractivity contribution in [3.63, 3.8) is 0 Å². The molecule has 3 aromatic carbocycles. The van der Waals surface area contributed by atoms with Crippen molar-refractivity contribution in [1.29, 1.82) is 0 Å². The van der Waals surface area contributed by atoms with E-state index in [1.165, 1.54) is 6.20 Å². The van der Waals surface area contributed by atoms with Crippen LogP contribution in [0.2, 0.25) is 10.2 Å². The van der Waals surface area contributed by atoms with E-state index in [0.717, 1.165) is 16.6 Å². The summed E-state index contributed by atoms with van der Waals surface area (Å²) < 4.78 is 13.4. The van der Waals surface area contributed by atoms with Crippen molar-refractivity contribution in [3.05, 3.63) is 106 Å². The van der Waals surface area contributed by atoms with Gasteiger partial charge >= 0.3 is 0 Å². The van der Waals surface area contributed by atoms with Gasteiger partial charge < -0.3 is 13.7 Å². The van der Waals surface area contributed by atoms with E-state index in [2.05, 4.69) is 4.98 Å². The van der Waals surface area contributed by atoms with Crippen LogP contribution in [0.25, 0.3) is 22.4 Å². The number of fused-ring (bicyclic) bond motifs is 1. The molecule has 7 heteroatoms. The molecule has 170 valence electrons. The van der Waals surface area contributed by atoms with Gasteiger partial charge in [0.05, 0.1) is 23.9 Å². The lowest BCUT2D eigenvalue weighted by molar-refractivity contribution is 0.101. The van der Waals surface area contributed by atoms with Crippen LogP contribution in [0.15, 0.2) is 83.4 Å². The molecule has 5 nitrogen and oxygen atoms in total. The molecule has 2 aromatic heterocycles. The molecule has 0 radical (unpaired) electrons. The molecule has 0 atom stereocenters. The lowest BCUT2D eigenvalue weighted by Crippen LogP contribution is -2.03. The number of oxazole rings is 1. The topological polar surface area (TPSA) is 57.3 Å². The minimum Gasteiger partial charge on any atom is -0.494 e. The first-order valence-electron chi connectivity index (χ1n) is 10.8. The molecular formula is C27H20Cl2N2O3. The SMILES string of the molecule is CCOc1ccc2c(c1)c(C(=O)c1cnc(-c3ccccc3)o1)c(Cl)n2Cc1ccc(Cl)cc1. The van der Waals surface area contributed by atoms with Gasteiger partial charge in [-0.3, -0.25) is 4.79 Å². The summed E-state index contributed by atoms with van der Waals surface area (Å²) in [6, 6.07) is 22.6. The van der Waals surface area contributed by atoms with Crippen molar-refractivity contribution < 1.29 is 13.9 Å². The molecule has 34 heavy (non-hydrogen) atoms. The minimum atomic E-state index is -0.340. The summed E-state index contributed by atoms with van der Waals surface area (Å²) in [5, 5.41) is 1.66. The lowest BCUT2D eigenvalue weighted by atomic mass is 10.1. The Morgan fingerprint density at radius 2 is 1.79 bits per heavy atom. The van der Waals surface area contributed by atoms with Gasteiger partial charge in [0, 0.05) is 22.5 Å². The number of rotatable bonds is 7. The Morgan fingerprint density at radius 1 is 1.03 bits per heavy atom. The van der Waals surface area contributed by atoms with E-state index in [1.54, 1.807) is 0 Å². The van der Waals surface area contributed by atoms with E-state index in [9.17, 15) is 4.79 Å². The van der Waals surface area contributed by atoms with Gasteiger partial charge in [-0.05, 0) is 55.0 Å². The lowest BCUT2D eigenvalue weighted by Gasteiger charge is -2.08. The molecule has 5 aromatic rings. The van der Waals surface area contributed by atoms with Gasteiger partial charge in [-0.25, -0.2) is 4.98 Å². The van der Waals surface area contributed by atoms with Gasteiger partial charge in [-0.2, -0.15) is 0 Å². The monoisotopic (exact) mass is 490 g/mol. The Hall–Kier alpha value is -3.54. The van der Waals surface area contributed by atoms with E-state index >= 15 is 0 Å². The molecular weight excluding hydrogens is 471 g/mol. The van der Waals surface area contributed by atoms with E-state index in [-0.39, 0.29) is 11.5 Å². The number of carbonyl (C=O) groups excluding carboxylic acids is 1.